The Morgan fingerprint density at radius 1 is 1.45 bits per heavy atom. The van der Waals surface area contributed by atoms with Gasteiger partial charge in [0.1, 0.15) is 17.0 Å². The van der Waals surface area contributed by atoms with Crippen molar-refractivity contribution in [3.63, 3.8) is 0 Å². The van der Waals surface area contributed by atoms with E-state index in [1.54, 1.807) is 19.2 Å². The molecule has 0 saturated heterocycles. The number of aryl methyl sites for hydroxylation is 1. The standard InChI is InChI=1S/C15H16FN5O/c1-3-11(17)14-20-13-8(2)4-5-10(16)12(13)15(22)21(14)9-6-18-19-7-9/h4-7,11H,3,17H2,1-2H3,(H,18,19)/t11-/m0/s1. The molecular weight excluding hydrogens is 285 g/mol. The van der Waals surface area contributed by atoms with E-state index in [0.29, 0.717) is 23.4 Å². The molecule has 0 aliphatic carbocycles. The minimum atomic E-state index is -0.591. The van der Waals surface area contributed by atoms with Gasteiger partial charge in [-0.2, -0.15) is 5.10 Å². The highest BCUT2D eigenvalue weighted by molar-refractivity contribution is 5.81. The molecule has 0 saturated carbocycles. The highest BCUT2D eigenvalue weighted by atomic mass is 19.1. The van der Waals surface area contributed by atoms with E-state index in [9.17, 15) is 9.18 Å². The van der Waals surface area contributed by atoms with Crippen molar-refractivity contribution >= 4 is 10.9 Å². The third-order valence-electron chi connectivity index (χ3n) is 3.71. The van der Waals surface area contributed by atoms with Gasteiger partial charge in [0.2, 0.25) is 0 Å². The van der Waals surface area contributed by atoms with Crippen LogP contribution in [0, 0.1) is 12.7 Å². The number of halogens is 1. The van der Waals surface area contributed by atoms with Crippen molar-refractivity contribution < 1.29 is 4.39 Å². The van der Waals surface area contributed by atoms with Crippen LogP contribution in [0.1, 0.15) is 30.8 Å². The summed E-state index contributed by atoms with van der Waals surface area (Å²) in [5, 5.41) is 6.45. The van der Waals surface area contributed by atoms with Gasteiger partial charge < -0.3 is 5.73 Å². The summed E-state index contributed by atoms with van der Waals surface area (Å²) in [6.07, 6.45) is 3.63. The van der Waals surface area contributed by atoms with Crippen molar-refractivity contribution in [3.8, 4) is 5.69 Å². The summed E-state index contributed by atoms with van der Waals surface area (Å²) >= 11 is 0. The van der Waals surface area contributed by atoms with Gasteiger partial charge in [0.25, 0.3) is 5.56 Å². The number of fused-ring (bicyclic) bond motifs is 1. The number of hydrogen-bond acceptors (Lipinski definition) is 4. The molecule has 114 valence electrons. The predicted octanol–water partition coefficient (Wildman–Crippen LogP) is 1.97. The lowest BCUT2D eigenvalue weighted by molar-refractivity contribution is 0.614. The highest BCUT2D eigenvalue weighted by Gasteiger charge is 2.20. The second-order valence-corrected chi connectivity index (χ2v) is 5.17. The molecule has 6 nitrogen and oxygen atoms in total. The molecule has 0 radical (unpaired) electrons. The van der Waals surface area contributed by atoms with E-state index in [1.165, 1.54) is 16.8 Å². The van der Waals surface area contributed by atoms with Crippen LogP contribution in [0.5, 0.6) is 0 Å². The molecule has 3 aromatic rings. The Balaban J connectivity index is 2.49. The van der Waals surface area contributed by atoms with Gasteiger partial charge in [0.05, 0.1) is 23.4 Å². The fourth-order valence-corrected chi connectivity index (χ4v) is 2.45. The normalized spacial score (nSPS) is 12.7. The van der Waals surface area contributed by atoms with Crippen molar-refractivity contribution in [2.45, 2.75) is 26.3 Å². The Morgan fingerprint density at radius 3 is 2.86 bits per heavy atom. The molecule has 0 bridgehead atoms. The lowest BCUT2D eigenvalue weighted by Crippen LogP contribution is -2.28. The van der Waals surface area contributed by atoms with E-state index in [-0.39, 0.29) is 5.39 Å². The molecule has 0 fully saturated rings. The zero-order chi connectivity index (χ0) is 15.9. The van der Waals surface area contributed by atoms with Crippen molar-refractivity contribution in [2.24, 2.45) is 5.73 Å². The summed E-state index contributed by atoms with van der Waals surface area (Å²) in [5.74, 6) is -0.193. The lowest BCUT2D eigenvalue weighted by Gasteiger charge is -2.17. The number of H-pyrrole nitrogens is 1. The van der Waals surface area contributed by atoms with E-state index >= 15 is 0 Å². The Labute approximate surface area is 125 Å². The molecule has 0 unspecified atom stereocenters. The van der Waals surface area contributed by atoms with Gasteiger partial charge in [-0.3, -0.25) is 14.5 Å². The van der Waals surface area contributed by atoms with Gasteiger partial charge in [0, 0.05) is 6.20 Å². The Hall–Kier alpha value is -2.54. The number of hydrogen-bond donors (Lipinski definition) is 2. The van der Waals surface area contributed by atoms with Gasteiger partial charge in [-0.25, -0.2) is 9.37 Å². The van der Waals surface area contributed by atoms with Crippen molar-refractivity contribution in [3.05, 3.63) is 52.1 Å². The Morgan fingerprint density at radius 2 is 2.23 bits per heavy atom. The smallest absolute Gasteiger partial charge is 0.269 e. The third-order valence-corrected chi connectivity index (χ3v) is 3.71. The van der Waals surface area contributed by atoms with Crippen LogP contribution in [0.2, 0.25) is 0 Å². The second-order valence-electron chi connectivity index (χ2n) is 5.17. The van der Waals surface area contributed by atoms with Crippen LogP contribution < -0.4 is 11.3 Å². The van der Waals surface area contributed by atoms with Gasteiger partial charge in [-0.05, 0) is 25.0 Å². The van der Waals surface area contributed by atoms with Gasteiger partial charge >= 0.3 is 0 Å². The number of aromatic nitrogens is 4. The summed E-state index contributed by atoms with van der Waals surface area (Å²) in [4.78, 5) is 17.3. The molecule has 0 aliphatic heterocycles. The molecule has 3 N–H and O–H groups in total. The zero-order valence-corrected chi connectivity index (χ0v) is 12.3. The average molecular weight is 301 g/mol. The van der Waals surface area contributed by atoms with Crippen LogP contribution in [0.15, 0.2) is 29.3 Å². The monoisotopic (exact) mass is 301 g/mol. The van der Waals surface area contributed by atoms with Crippen LogP contribution >= 0.6 is 0 Å². The summed E-state index contributed by atoms with van der Waals surface area (Å²) in [6, 6.07) is 2.45. The first-order valence-corrected chi connectivity index (χ1v) is 7.01. The minimum Gasteiger partial charge on any atom is -0.321 e. The van der Waals surface area contributed by atoms with E-state index in [2.05, 4.69) is 15.2 Å². The Kier molecular flexibility index (Phi) is 3.50. The predicted molar refractivity (Wildman–Crippen MR) is 81.4 cm³/mol. The number of aromatic amines is 1. The summed E-state index contributed by atoms with van der Waals surface area (Å²) in [6.45, 7) is 3.69. The zero-order valence-electron chi connectivity index (χ0n) is 12.3. The van der Waals surface area contributed by atoms with Crippen molar-refractivity contribution in [1.29, 1.82) is 0 Å². The minimum absolute atomic E-state index is 0.0340. The van der Waals surface area contributed by atoms with Gasteiger partial charge in [-0.15, -0.1) is 0 Å². The van der Waals surface area contributed by atoms with Crippen molar-refractivity contribution in [2.75, 3.05) is 0 Å². The maximum atomic E-state index is 14.2. The highest BCUT2D eigenvalue weighted by Crippen LogP contribution is 2.21. The van der Waals surface area contributed by atoms with Crippen LogP contribution in [0.25, 0.3) is 16.6 Å². The molecule has 0 aliphatic rings. The number of rotatable bonds is 3. The second kappa shape index (κ2) is 5.34. The Bertz CT molecular complexity index is 885. The van der Waals surface area contributed by atoms with Gasteiger partial charge in [-0.1, -0.05) is 13.0 Å². The molecule has 1 atom stereocenters. The first-order chi connectivity index (χ1) is 10.5. The molecule has 3 rings (SSSR count). The number of nitrogens with zero attached hydrogens (tertiary/aromatic N) is 3. The molecule has 22 heavy (non-hydrogen) atoms. The maximum absolute atomic E-state index is 14.2. The van der Waals surface area contributed by atoms with E-state index in [4.69, 9.17) is 5.73 Å². The topological polar surface area (TPSA) is 89.6 Å². The van der Waals surface area contributed by atoms with E-state index in [0.717, 1.165) is 5.56 Å². The van der Waals surface area contributed by atoms with E-state index in [1.807, 2.05) is 6.92 Å². The maximum Gasteiger partial charge on any atom is 0.269 e. The average Bonchev–Trinajstić information content (AvgIpc) is 3.03. The molecule has 0 spiro atoms. The molecule has 2 heterocycles. The number of nitrogens with two attached hydrogens (primary N) is 1. The third kappa shape index (κ3) is 2.10. The largest absolute Gasteiger partial charge is 0.321 e. The van der Waals surface area contributed by atoms with Crippen LogP contribution in [0.3, 0.4) is 0 Å². The molecule has 0 amide bonds. The number of nitrogens with one attached hydrogen (secondary N) is 1. The fraction of sp³-hybridized carbons (Fsp3) is 0.267. The molecular formula is C15H16FN5O. The van der Waals surface area contributed by atoms with Crippen molar-refractivity contribution in [1.82, 2.24) is 19.7 Å². The first-order valence-electron chi connectivity index (χ1n) is 7.01. The quantitative estimate of drug-likeness (QED) is 0.774. The molecule has 2 aromatic heterocycles. The van der Waals surface area contributed by atoms with Gasteiger partial charge in [0.15, 0.2) is 0 Å². The summed E-state index contributed by atoms with van der Waals surface area (Å²) < 4.78 is 15.5. The van der Waals surface area contributed by atoms with Crippen LogP contribution in [-0.4, -0.2) is 19.7 Å². The molecule has 1 aromatic carbocycles. The van der Waals surface area contributed by atoms with E-state index < -0.39 is 17.4 Å². The first kappa shape index (κ1) is 14.4. The summed E-state index contributed by atoms with van der Waals surface area (Å²) in [7, 11) is 0. The summed E-state index contributed by atoms with van der Waals surface area (Å²) in [5.41, 5.74) is 7.19. The van der Waals surface area contributed by atoms with Crippen LogP contribution in [-0.2, 0) is 0 Å². The molecule has 7 heteroatoms. The van der Waals surface area contributed by atoms with Crippen LogP contribution in [0.4, 0.5) is 4.39 Å². The lowest BCUT2D eigenvalue weighted by atomic mass is 10.1. The fourth-order valence-electron chi connectivity index (χ4n) is 2.45. The SMILES string of the molecule is CC[C@H](N)c1nc2c(C)ccc(F)c2c(=O)n1-c1cn[nH]c1. The number of benzene rings is 1.